The van der Waals surface area contributed by atoms with E-state index in [1.54, 1.807) is 24.4 Å². The molecule has 1 aromatic carbocycles. The fourth-order valence-corrected chi connectivity index (χ4v) is 2.77. The van der Waals surface area contributed by atoms with Crippen LogP contribution in [0.25, 0.3) is 16.9 Å². The van der Waals surface area contributed by atoms with Gasteiger partial charge in [-0.3, -0.25) is 24.4 Å². The molecule has 0 fully saturated rings. The summed E-state index contributed by atoms with van der Waals surface area (Å²) in [4.78, 5) is 27.3. The number of aromatic nitrogens is 4. The molecule has 0 amide bonds. The molecule has 4 rings (SSSR count). The molecule has 2 N–H and O–H groups in total. The smallest absolute Gasteiger partial charge is 0.360 e. The van der Waals surface area contributed by atoms with Crippen LogP contribution in [-0.4, -0.2) is 24.5 Å². The van der Waals surface area contributed by atoms with Crippen LogP contribution in [0.4, 0.5) is 11.5 Å². The van der Waals surface area contributed by atoms with Gasteiger partial charge in [-0.05, 0) is 29.3 Å². The molecule has 0 atom stereocenters. The summed E-state index contributed by atoms with van der Waals surface area (Å²) in [5, 5.41) is 21.1. The number of H-pyrrole nitrogens is 1. The van der Waals surface area contributed by atoms with Crippen molar-refractivity contribution in [3.05, 3.63) is 87.0 Å². The second-order valence-electron chi connectivity index (χ2n) is 5.82. The zero-order valence-electron chi connectivity index (χ0n) is 14.0. The lowest BCUT2D eigenvalue weighted by molar-refractivity contribution is -0.385. The van der Waals surface area contributed by atoms with Crippen molar-refractivity contribution < 1.29 is 4.92 Å². The zero-order valence-corrected chi connectivity index (χ0v) is 14.0. The van der Waals surface area contributed by atoms with E-state index in [4.69, 9.17) is 0 Å². The first kappa shape index (κ1) is 16.5. The van der Waals surface area contributed by atoms with Crippen molar-refractivity contribution >= 4 is 17.2 Å². The molecule has 0 unspecified atom stereocenters. The predicted molar refractivity (Wildman–Crippen MR) is 99.5 cm³/mol. The van der Waals surface area contributed by atoms with Crippen molar-refractivity contribution in [2.45, 2.75) is 6.54 Å². The van der Waals surface area contributed by atoms with Crippen molar-refractivity contribution in [2.24, 2.45) is 0 Å². The third-order valence-electron chi connectivity index (χ3n) is 4.12. The van der Waals surface area contributed by atoms with Crippen molar-refractivity contribution in [3.63, 3.8) is 0 Å². The van der Waals surface area contributed by atoms with Crippen LogP contribution in [0.5, 0.6) is 0 Å². The third kappa shape index (κ3) is 3.13. The standard InChI is InChI=1S/C18H14N6O3/c25-18-16(24(26)27)17(21-15-3-1-2-10-23(15)18)19-11-12-4-6-13(7-5-12)14-8-9-20-22-14/h1-10,19H,11H2,(H,20,22). The van der Waals surface area contributed by atoms with Crippen molar-refractivity contribution in [1.82, 2.24) is 19.6 Å². The Labute approximate surface area is 152 Å². The summed E-state index contributed by atoms with van der Waals surface area (Å²) in [6.07, 6.45) is 3.13. The number of aromatic amines is 1. The summed E-state index contributed by atoms with van der Waals surface area (Å²) < 4.78 is 1.16. The van der Waals surface area contributed by atoms with Crippen LogP contribution in [0.1, 0.15) is 5.56 Å². The number of nitrogens with zero attached hydrogens (tertiary/aromatic N) is 4. The number of nitro groups is 1. The van der Waals surface area contributed by atoms with Gasteiger partial charge in [0.05, 0.1) is 10.6 Å². The highest BCUT2D eigenvalue weighted by molar-refractivity contribution is 5.61. The van der Waals surface area contributed by atoms with E-state index < -0.39 is 16.2 Å². The molecule has 4 aromatic rings. The van der Waals surface area contributed by atoms with E-state index in [-0.39, 0.29) is 5.82 Å². The summed E-state index contributed by atoms with van der Waals surface area (Å²) in [6, 6.07) is 14.4. The lowest BCUT2D eigenvalue weighted by atomic mass is 10.1. The Kier molecular flexibility index (Phi) is 4.09. The minimum atomic E-state index is -0.720. The lowest BCUT2D eigenvalue weighted by Crippen LogP contribution is -2.21. The predicted octanol–water partition coefficient (Wildman–Crippen LogP) is 2.60. The normalized spacial score (nSPS) is 10.8. The van der Waals surface area contributed by atoms with Crippen LogP contribution in [-0.2, 0) is 6.54 Å². The number of hydrogen-bond acceptors (Lipinski definition) is 6. The molecular formula is C18H14N6O3. The quantitative estimate of drug-likeness (QED) is 0.416. The van der Waals surface area contributed by atoms with Crippen LogP contribution in [0.15, 0.2) is 65.7 Å². The first-order chi connectivity index (χ1) is 13.1. The van der Waals surface area contributed by atoms with E-state index in [1.807, 2.05) is 30.3 Å². The lowest BCUT2D eigenvalue weighted by Gasteiger charge is -2.08. The molecular weight excluding hydrogens is 348 g/mol. The van der Waals surface area contributed by atoms with Gasteiger partial charge in [0.1, 0.15) is 5.65 Å². The maximum Gasteiger partial charge on any atom is 0.376 e. The van der Waals surface area contributed by atoms with Crippen LogP contribution in [0.2, 0.25) is 0 Å². The molecule has 0 saturated heterocycles. The fraction of sp³-hybridized carbons (Fsp3) is 0.0556. The average Bonchev–Trinajstić information content (AvgIpc) is 3.21. The van der Waals surface area contributed by atoms with Gasteiger partial charge in [0.15, 0.2) is 0 Å². The summed E-state index contributed by atoms with van der Waals surface area (Å²) in [6.45, 7) is 0.291. The second kappa shape index (κ2) is 6.71. The van der Waals surface area contributed by atoms with Crippen LogP contribution in [0, 0.1) is 10.1 Å². The van der Waals surface area contributed by atoms with Crippen LogP contribution in [0.3, 0.4) is 0 Å². The summed E-state index contributed by atoms with van der Waals surface area (Å²) in [7, 11) is 0. The van der Waals surface area contributed by atoms with Gasteiger partial charge in [-0.2, -0.15) is 5.10 Å². The van der Waals surface area contributed by atoms with E-state index in [0.717, 1.165) is 21.2 Å². The number of rotatable bonds is 5. The zero-order chi connectivity index (χ0) is 18.8. The topological polar surface area (TPSA) is 118 Å². The molecule has 9 heteroatoms. The van der Waals surface area contributed by atoms with Gasteiger partial charge in [0.2, 0.25) is 5.82 Å². The van der Waals surface area contributed by atoms with Gasteiger partial charge < -0.3 is 5.32 Å². The largest absolute Gasteiger partial charge is 0.376 e. The molecule has 3 aromatic heterocycles. The number of nitrogens with one attached hydrogen (secondary N) is 2. The Morgan fingerprint density at radius 3 is 2.67 bits per heavy atom. The maximum absolute atomic E-state index is 12.4. The van der Waals surface area contributed by atoms with Crippen molar-refractivity contribution in [1.29, 1.82) is 0 Å². The first-order valence-corrected chi connectivity index (χ1v) is 8.12. The van der Waals surface area contributed by atoms with E-state index in [1.165, 1.54) is 6.20 Å². The van der Waals surface area contributed by atoms with Gasteiger partial charge in [0.25, 0.3) is 0 Å². The van der Waals surface area contributed by atoms with E-state index in [2.05, 4.69) is 20.5 Å². The summed E-state index contributed by atoms with van der Waals surface area (Å²) in [5.74, 6) is -0.0474. The van der Waals surface area contributed by atoms with E-state index in [9.17, 15) is 14.9 Å². The molecule has 0 aliphatic rings. The summed E-state index contributed by atoms with van der Waals surface area (Å²) in [5.41, 5.74) is 1.81. The molecule has 0 aliphatic carbocycles. The minimum absolute atomic E-state index is 0.0474. The first-order valence-electron chi connectivity index (χ1n) is 8.12. The molecule has 0 saturated carbocycles. The number of benzene rings is 1. The van der Waals surface area contributed by atoms with E-state index >= 15 is 0 Å². The highest BCUT2D eigenvalue weighted by Crippen LogP contribution is 2.20. The molecule has 0 bridgehead atoms. The van der Waals surface area contributed by atoms with Crippen LogP contribution >= 0.6 is 0 Å². The Balaban J connectivity index is 1.62. The third-order valence-corrected chi connectivity index (χ3v) is 4.12. The SMILES string of the molecule is O=c1c([N+](=O)[O-])c(NCc2ccc(-c3ccn[nH]3)cc2)nc2ccccn12. The monoisotopic (exact) mass is 362 g/mol. The highest BCUT2D eigenvalue weighted by Gasteiger charge is 2.23. The van der Waals surface area contributed by atoms with Gasteiger partial charge in [-0.15, -0.1) is 0 Å². The van der Waals surface area contributed by atoms with E-state index in [0.29, 0.717) is 12.2 Å². The maximum atomic E-state index is 12.4. The highest BCUT2D eigenvalue weighted by atomic mass is 16.6. The molecule has 0 aliphatic heterocycles. The molecule has 3 heterocycles. The van der Waals surface area contributed by atoms with Gasteiger partial charge in [-0.25, -0.2) is 4.98 Å². The van der Waals surface area contributed by atoms with Crippen molar-refractivity contribution in [3.8, 4) is 11.3 Å². The second-order valence-corrected chi connectivity index (χ2v) is 5.82. The average molecular weight is 362 g/mol. The van der Waals surface area contributed by atoms with Gasteiger partial charge >= 0.3 is 11.2 Å². The Hall–Kier alpha value is -4.01. The Bertz CT molecular complexity index is 1170. The number of anilines is 1. The number of hydrogen-bond donors (Lipinski definition) is 2. The Morgan fingerprint density at radius 2 is 1.96 bits per heavy atom. The minimum Gasteiger partial charge on any atom is -0.360 e. The molecule has 27 heavy (non-hydrogen) atoms. The number of fused-ring (bicyclic) bond motifs is 1. The number of pyridine rings is 1. The fourth-order valence-electron chi connectivity index (χ4n) is 2.77. The molecule has 9 nitrogen and oxygen atoms in total. The molecule has 0 spiro atoms. The molecule has 134 valence electrons. The van der Waals surface area contributed by atoms with Crippen molar-refractivity contribution in [2.75, 3.05) is 5.32 Å². The Morgan fingerprint density at radius 1 is 1.15 bits per heavy atom. The summed E-state index contributed by atoms with van der Waals surface area (Å²) >= 11 is 0. The van der Waals surface area contributed by atoms with Gasteiger partial charge in [-0.1, -0.05) is 30.3 Å². The van der Waals surface area contributed by atoms with Crippen LogP contribution < -0.4 is 10.9 Å². The molecule has 0 radical (unpaired) electrons. The van der Waals surface area contributed by atoms with Gasteiger partial charge in [0, 0.05) is 18.9 Å².